The van der Waals surface area contributed by atoms with Gasteiger partial charge in [-0.25, -0.2) is 0 Å². The lowest BCUT2D eigenvalue weighted by molar-refractivity contribution is 0.399. The maximum atomic E-state index is 4.03. The molecule has 2 aliphatic carbocycles. The lowest BCUT2D eigenvalue weighted by Crippen LogP contribution is -2.25. The van der Waals surface area contributed by atoms with Gasteiger partial charge in [0, 0.05) is 48.9 Å². The fourth-order valence-electron chi connectivity index (χ4n) is 11.6. The van der Waals surface area contributed by atoms with E-state index in [1.807, 2.05) is 22.7 Å². The summed E-state index contributed by atoms with van der Waals surface area (Å²) < 4.78 is 5.42. The maximum absolute atomic E-state index is 4.03. The summed E-state index contributed by atoms with van der Waals surface area (Å²) in [5.41, 5.74) is 12.8. The Morgan fingerprint density at radius 2 is 0.864 bits per heavy atom. The first-order valence-electron chi connectivity index (χ1n) is 24.6. The third kappa shape index (κ3) is 9.04. The number of hydrogen-bond donors (Lipinski definition) is 0. The van der Waals surface area contributed by atoms with E-state index in [0.717, 1.165) is 6.54 Å². The number of aromatic nitrogens is 1. The molecule has 0 N–H and O–H groups in total. The molecule has 0 saturated carbocycles. The number of fused-ring (bicyclic) bond motifs is 9. The minimum absolute atomic E-state index is 0.0971. The van der Waals surface area contributed by atoms with Crippen molar-refractivity contribution < 1.29 is 0 Å². The van der Waals surface area contributed by atoms with Crippen molar-refractivity contribution in [2.24, 2.45) is 5.92 Å². The molecule has 59 heavy (non-hydrogen) atoms. The predicted octanol–water partition coefficient (Wildman–Crippen LogP) is 20.1. The molecule has 5 heteroatoms. The van der Waals surface area contributed by atoms with E-state index < -0.39 is 0 Å². The van der Waals surface area contributed by atoms with Crippen LogP contribution in [0, 0.1) is 5.92 Å². The van der Waals surface area contributed by atoms with E-state index in [2.05, 4.69) is 114 Å². The Labute approximate surface area is 384 Å². The second-order valence-corrected chi connectivity index (χ2v) is 23.7. The van der Waals surface area contributed by atoms with Crippen molar-refractivity contribution in [2.45, 2.75) is 213 Å². The van der Waals surface area contributed by atoms with Crippen molar-refractivity contribution in [1.82, 2.24) is 4.57 Å². The van der Waals surface area contributed by atoms with Crippen molar-refractivity contribution in [3.63, 3.8) is 0 Å². The molecule has 3 heterocycles. The molecule has 3 aromatic heterocycles. The van der Waals surface area contributed by atoms with Gasteiger partial charge in [0.2, 0.25) is 0 Å². The van der Waals surface area contributed by atoms with Gasteiger partial charge in [0.15, 0.2) is 0 Å². The Hall–Kier alpha value is -1.40. The van der Waals surface area contributed by atoms with Crippen molar-refractivity contribution in [3.8, 4) is 20.9 Å². The SMILES string of the molecule is CCCCCCC1(CCCCCC)c2cc3c4cc5c(cc4n(CC(CC)CCCC)c3cc2-c2sc(Br)cc21)-c1sc(Br)cc1C5(CCCCCC)CCCCCC. The second kappa shape index (κ2) is 20.9. The molecule has 0 aliphatic heterocycles. The van der Waals surface area contributed by atoms with E-state index >= 15 is 0 Å². The average molecular weight is 962 g/mol. The number of thiophene rings is 2. The zero-order valence-corrected chi connectivity index (χ0v) is 42.5. The lowest BCUT2D eigenvalue weighted by Gasteiger charge is -2.33. The highest BCUT2D eigenvalue weighted by Crippen LogP contribution is 2.61. The van der Waals surface area contributed by atoms with E-state index in [9.17, 15) is 0 Å². The zero-order valence-electron chi connectivity index (χ0n) is 37.7. The van der Waals surface area contributed by atoms with E-state index in [4.69, 9.17) is 0 Å². The Kier molecular flexibility index (Phi) is 16.1. The van der Waals surface area contributed by atoms with Gasteiger partial charge in [-0.15, -0.1) is 22.7 Å². The van der Waals surface area contributed by atoms with Gasteiger partial charge < -0.3 is 4.57 Å². The van der Waals surface area contributed by atoms with Gasteiger partial charge in [0.1, 0.15) is 0 Å². The van der Waals surface area contributed by atoms with Gasteiger partial charge >= 0.3 is 0 Å². The first-order valence-corrected chi connectivity index (χ1v) is 27.8. The molecule has 7 rings (SSSR count). The molecule has 5 aromatic rings. The van der Waals surface area contributed by atoms with Gasteiger partial charge in [-0.1, -0.05) is 164 Å². The molecule has 0 bridgehead atoms. The van der Waals surface area contributed by atoms with Crippen LogP contribution >= 0.6 is 54.5 Å². The topological polar surface area (TPSA) is 4.93 Å². The third-order valence-electron chi connectivity index (χ3n) is 14.9. The van der Waals surface area contributed by atoms with Crippen LogP contribution in [0.5, 0.6) is 0 Å². The number of rotatable bonds is 26. The standard InChI is InChI=1S/C54H75Br2NS2/c1-7-13-18-22-27-53(28-23-19-14-8-2)43-31-39-40-32-44-42(52-46(36-50(56)59-52)54(44,29-24-20-15-9-3)30-25-21-16-10-4)34-48(40)57(37-38(12-6)26-17-11-5)47(39)33-41(43)51-45(53)35-49(55)58-51/h31-36,38H,7-30,37H2,1-6H3. The van der Waals surface area contributed by atoms with Crippen molar-refractivity contribution in [2.75, 3.05) is 0 Å². The van der Waals surface area contributed by atoms with Gasteiger partial charge in [-0.3, -0.25) is 0 Å². The molecule has 1 nitrogen and oxygen atoms in total. The minimum Gasteiger partial charge on any atom is -0.340 e. The summed E-state index contributed by atoms with van der Waals surface area (Å²) in [5, 5.41) is 3.05. The molecule has 1 unspecified atom stereocenters. The van der Waals surface area contributed by atoms with Crippen LogP contribution in [0.2, 0.25) is 0 Å². The summed E-state index contributed by atoms with van der Waals surface area (Å²) >= 11 is 12.0. The normalized spacial score (nSPS) is 15.3. The van der Waals surface area contributed by atoms with Crippen LogP contribution in [0.25, 0.3) is 42.7 Å². The fraction of sp³-hybridized carbons (Fsp3) is 0.630. The Balaban J connectivity index is 1.48. The number of halogens is 2. The highest BCUT2D eigenvalue weighted by molar-refractivity contribution is 9.11. The van der Waals surface area contributed by atoms with Gasteiger partial charge in [0.25, 0.3) is 0 Å². The molecule has 322 valence electrons. The molecule has 0 amide bonds. The largest absolute Gasteiger partial charge is 0.340 e. The minimum atomic E-state index is 0.0971. The number of nitrogens with zero attached hydrogens (tertiary/aromatic N) is 1. The summed E-state index contributed by atoms with van der Waals surface area (Å²) in [6.07, 6.45) is 31.3. The summed E-state index contributed by atoms with van der Waals surface area (Å²) in [7, 11) is 0. The molecular formula is C54H75Br2NS2. The second-order valence-electron chi connectivity index (χ2n) is 18.9. The Bertz CT molecular complexity index is 1980. The Morgan fingerprint density at radius 1 is 0.475 bits per heavy atom. The maximum Gasteiger partial charge on any atom is 0.0708 e. The Morgan fingerprint density at radius 3 is 1.22 bits per heavy atom. The number of unbranched alkanes of at least 4 members (excludes halogenated alkanes) is 13. The monoisotopic (exact) mass is 959 g/mol. The molecule has 0 spiro atoms. The number of hydrogen-bond acceptors (Lipinski definition) is 2. The highest BCUT2D eigenvalue weighted by Gasteiger charge is 2.46. The van der Waals surface area contributed by atoms with Gasteiger partial charge in [-0.2, -0.15) is 0 Å². The van der Waals surface area contributed by atoms with E-state index in [1.54, 1.807) is 32.0 Å². The summed E-state index contributed by atoms with van der Waals surface area (Å²) in [4.78, 5) is 3.09. The van der Waals surface area contributed by atoms with Crippen LogP contribution in [0.1, 0.15) is 218 Å². The van der Waals surface area contributed by atoms with Crippen LogP contribution < -0.4 is 0 Å². The quantitative estimate of drug-likeness (QED) is 0.0487. The smallest absolute Gasteiger partial charge is 0.0708 e. The molecule has 1 atom stereocenters. The van der Waals surface area contributed by atoms with Crippen LogP contribution in [-0.4, -0.2) is 4.57 Å². The van der Waals surface area contributed by atoms with Crippen LogP contribution in [0.15, 0.2) is 44.0 Å². The van der Waals surface area contributed by atoms with Gasteiger partial charge in [-0.05, 0) is 140 Å². The highest BCUT2D eigenvalue weighted by atomic mass is 79.9. The first kappa shape index (κ1) is 45.6. The lowest BCUT2D eigenvalue weighted by atomic mass is 9.70. The average Bonchev–Trinajstić information content (AvgIpc) is 4.01. The third-order valence-corrected chi connectivity index (χ3v) is 18.3. The van der Waals surface area contributed by atoms with E-state index in [-0.39, 0.29) is 10.8 Å². The zero-order chi connectivity index (χ0) is 41.6. The first-order chi connectivity index (χ1) is 28.8. The van der Waals surface area contributed by atoms with Gasteiger partial charge in [0.05, 0.1) is 7.57 Å². The van der Waals surface area contributed by atoms with Crippen molar-refractivity contribution >= 4 is 76.3 Å². The van der Waals surface area contributed by atoms with Crippen LogP contribution in [0.4, 0.5) is 0 Å². The van der Waals surface area contributed by atoms with E-state index in [1.165, 1.54) is 195 Å². The fourth-order valence-corrected chi connectivity index (χ4v) is 15.0. The number of benzene rings is 2. The van der Waals surface area contributed by atoms with E-state index in [0.29, 0.717) is 5.92 Å². The molecule has 2 aromatic carbocycles. The summed E-state index contributed by atoms with van der Waals surface area (Å²) in [6, 6.07) is 16.1. The van der Waals surface area contributed by atoms with Crippen molar-refractivity contribution in [3.05, 3.63) is 66.2 Å². The molecule has 0 saturated heterocycles. The molecular weight excluding hydrogens is 887 g/mol. The molecule has 0 radical (unpaired) electrons. The summed E-state index contributed by atoms with van der Waals surface area (Å²) in [6.45, 7) is 15.3. The van der Waals surface area contributed by atoms with Crippen molar-refractivity contribution in [1.29, 1.82) is 0 Å². The summed E-state index contributed by atoms with van der Waals surface area (Å²) in [5.74, 6) is 0.681. The molecule has 2 aliphatic rings. The molecule has 0 fully saturated rings. The predicted molar refractivity (Wildman–Crippen MR) is 271 cm³/mol. The van der Waals surface area contributed by atoms with Crippen LogP contribution in [0.3, 0.4) is 0 Å². The van der Waals surface area contributed by atoms with Crippen LogP contribution in [-0.2, 0) is 17.4 Å².